The summed E-state index contributed by atoms with van der Waals surface area (Å²) in [6, 6.07) is 7.57. The van der Waals surface area contributed by atoms with E-state index in [1.807, 2.05) is 24.3 Å². The zero-order valence-corrected chi connectivity index (χ0v) is 19.4. The number of para-hydroxylation sites is 1. The zero-order chi connectivity index (χ0) is 24.2. The highest BCUT2D eigenvalue weighted by atomic mass is 16.6. The summed E-state index contributed by atoms with van der Waals surface area (Å²) in [5, 5.41) is 16.3. The van der Waals surface area contributed by atoms with Crippen LogP contribution in [0.5, 0.6) is 5.75 Å². The van der Waals surface area contributed by atoms with E-state index < -0.39 is 11.2 Å². The molecule has 34 heavy (non-hydrogen) atoms. The molecule has 0 bridgehead atoms. The van der Waals surface area contributed by atoms with Gasteiger partial charge in [0.25, 0.3) is 5.56 Å². The Balaban J connectivity index is 1.63. The van der Waals surface area contributed by atoms with E-state index in [9.17, 15) is 9.59 Å². The molecule has 4 rings (SSSR count). The second-order valence-electron chi connectivity index (χ2n) is 7.86. The molecule has 2 N–H and O–H groups in total. The first-order chi connectivity index (χ1) is 16.5. The van der Waals surface area contributed by atoms with Gasteiger partial charge in [-0.25, -0.2) is 4.79 Å². The predicted molar refractivity (Wildman–Crippen MR) is 126 cm³/mol. The van der Waals surface area contributed by atoms with E-state index in [0.717, 1.165) is 15.8 Å². The maximum atomic E-state index is 13.0. The number of methoxy groups -OCH3 is 1. The lowest BCUT2D eigenvalue weighted by molar-refractivity contribution is 0.0736. The molecule has 1 aromatic carbocycles. The molecule has 1 aliphatic heterocycles. The molecular formula is C22H28N6O6. The summed E-state index contributed by atoms with van der Waals surface area (Å²) in [6.45, 7) is 1.18. The Morgan fingerprint density at radius 2 is 2.00 bits per heavy atom. The molecule has 2 aromatic heterocycles. The van der Waals surface area contributed by atoms with Crippen molar-refractivity contribution in [2.24, 2.45) is 19.3 Å². The molecule has 0 amide bonds. The van der Waals surface area contributed by atoms with E-state index >= 15 is 0 Å². The second-order valence-corrected chi connectivity index (χ2v) is 7.86. The number of nitrogens with one attached hydrogen (secondary N) is 1. The summed E-state index contributed by atoms with van der Waals surface area (Å²) in [6.07, 6.45) is 0.149. The van der Waals surface area contributed by atoms with E-state index in [1.165, 1.54) is 11.6 Å². The Hall–Kier alpha value is -3.64. The topological polar surface area (TPSA) is 134 Å². The number of aliphatic hydroxyl groups is 1. The molecule has 12 nitrogen and oxygen atoms in total. The van der Waals surface area contributed by atoms with Crippen molar-refractivity contribution in [3.05, 3.63) is 50.7 Å². The van der Waals surface area contributed by atoms with E-state index in [4.69, 9.17) is 19.4 Å². The molecule has 0 saturated carbocycles. The van der Waals surface area contributed by atoms with Crippen LogP contribution in [0, 0.1) is 0 Å². The number of aryl methyl sites for hydroxylation is 1. The van der Waals surface area contributed by atoms with Crippen LogP contribution in [0.3, 0.4) is 0 Å². The number of oxime groups is 1. The van der Waals surface area contributed by atoms with Crippen molar-refractivity contribution in [2.75, 3.05) is 38.8 Å². The maximum Gasteiger partial charge on any atom is 0.332 e. The van der Waals surface area contributed by atoms with Crippen LogP contribution in [0.4, 0.5) is 5.95 Å². The van der Waals surface area contributed by atoms with Crippen molar-refractivity contribution in [3.8, 4) is 5.75 Å². The predicted octanol–water partition coefficient (Wildman–Crippen LogP) is 0.0563. The minimum atomic E-state index is -0.459. The van der Waals surface area contributed by atoms with Crippen molar-refractivity contribution in [2.45, 2.75) is 19.1 Å². The van der Waals surface area contributed by atoms with E-state index in [1.54, 1.807) is 18.7 Å². The fourth-order valence-corrected chi connectivity index (χ4v) is 3.93. The van der Waals surface area contributed by atoms with Crippen molar-refractivity contribution in [1.82, 2.24) is 18.7 Å². The highest BCUT2D eigenvalue weighted by Crippen LogP contribution is 2.26. The van der Waals surface area contributed by atoms with Gasteiger partial charge in [-0.3, -0.25) is 13.9 Å². The molecule has 1 aliphatic rings. The summed E-state index contributed by atoms with van der Waals surface area (Å²) in [7, 11) is 4.61. The molecule has 0 unspecified atom stereocenters. The molecule has 0 radical (unpaired) electrons. The first-order valence-electron chi connectivity index (χ1n) is 10.9. The minimum Gasteiger partial charge on any atom is -0.496 e. The molecule has 3 aromatic rings. The Labute approximate surface area is 195 Å². The van der Waals surface area contributed by atoms with Crippen LogP contribution in [0.15, 0.2) is 39.0 Å². The van der Waals surface area contributed by atoms with Crippen LogP contribution < -0.4 is 21.3 Å². The van der Waals surface area contributed by atoms with Crippen LogP contribution in [0.25, 0.3) is 11.2 Å². The largest absolute Gasteiger partial charge is 0.496 e. The van der Waals surface area contributed by atoms with E-state index in [-0.39, 0.29) is 37.0 Å². The van der Waals surface area contributed by atoms with Gasteiger partial charge in [0.05, 0.1) is 39.2 Å². The monoisotopic (exact) mass is 472 g/mol. The van der Waals surface area contributed by atoms with Crippen LogP contribution >= 0.6 is 0 Å². The van der Waals surface area contributed by atoms with Crippen LogP contribution in [0.1, 0.15) is 12.0 Å². The van der Waals surface area contributed by atoms with Crippen LogP contribution in [-0.2, 0) is 30.2 Å². The molecule has 0 fully saturated rings. The molecular weight excluding hydrogens is 444 g/mol. The van der Waals surface area contributed by atoms with E-state index in [2.05, 4.69) is 15.5 Å². The van der Waals surface area contributed by atoms with Gasteiger partial charge in [0.15, 0.2) is 17.3 Å². The first-order valence-corrected chi connectivity index (χ1v) is 10.9. The van der Waals surface area contributed by atoms with E-state index in [0.29, 0.717) is 31.3 Å². The van der Waals surface area contributed by atoms with Crippen molar-refractivity contribution < 1.29 is 19.4 Å². The maximum absolute atomic E-state index is 13.0. The molecule has 12 heteroatoms. The molecule has 0 aliphatic carbocycles. The summed E-state index contributed by atoms with van der Waals surface area (Å²) in [5.41, 5.74) is 1.26. The third kappa shape index (κ3) is 4.41. The summed E-state index contributed by atoms with van der Waals surface area (Å²) in [4.78, 5) is 35.7. The van der Waals surface area contributed by atoms with Crippen molar-refractivity contribution in [3.63, 3.8) is 0 Å². The van der Waals surface area contributed by atoms with Gasteiger partial charge in [-0.15, -0.1) is 0 Å². The Bertz CT molecular complexity index is 1320. The second kappa shape index (κ2) is 10.1. The van der Waals surface area contributed by atoms with Crippen LogP contribution in [0.2, 0.25) is 0 Å². The van der Waals surface area contributed by atoms with Crippen molar-refractivity contribution in [1.29, 1.82) is 0 Å². The van der Waals surface area contributed by atoms with Crippen molar-refractivity contribution >= 4 is 22.8 Å². The summed E-state index contributed by atoms with van der Waals surface area (Å²) < 4.78 is 14.8. The van der Waals surface area contributed by atoms with Gasteiger partial charge in [0.2, 0.25) is 5.95 Å². The van der Waals surface area contributed by atoms with Gasteiger partial charge in [-0.05, 0) is 12.1 Å². The summed E-state index contributed by atoms with van der Waals surface area (Å²) >= 11 is 0. The number of hydrogen-bond acceptors (Lipinski definition) is 9. The number of fused-ring (bicyclic) bond motifs is 1. The Morgan fingerprint density at radius 1 is 1.21 bits per heavy atom. The fraction of sp³-hybridized carbons (Fsp3) is 0.455. The summed E-state index contributed by atoms with van der Waals surface area (Å²) in [5.74, 6) is 1.11. The van der Waals surface area contributed by atoms with Gasteiger partial charge in [-0.1, -0.05) is 17.3 Å². The lowest BCUT2D eigenvalue weighted by Crippen LogP contribution is -2.37. The number of ether oxygens (including phenoxy) is 2. The molecule has 0 spiro atoms. The normalized spacial score (nSPS) is 15.4. The number of anilines is 1. The van der Waals surface area contributed by atoms with Crippen LogP contribution in [-0.4, -0.2) is 69.1 Å². The average Bonchev–Trinajstić information content (AvgIpc) is 3.46. The number of benzene rings is 1. The Kier molecular flexibility index (Phi) is 6.98. The first kappa shape index (κ1) is 23.5. The SMILES string of the molecule is COc1ccccc1C1=NO[C@H](Cn2c(NCCOCCO)nc3c2c(=O)n(C)c(=O)n3C)C1. The number of imidazole rings is 1. The standard InChI is InChI=1S/C22H28N6O6/c1-26-19-18(20(30)27(2)22(26)31)28(21(24-19)23-8-10-33-11-9-29)13-14-12-16(25-34-14)15-6-4-5-7-17(15)32-3/h4-7,14,29H,8-13H2,1-3H3,(H,23,24)/t14-/m0/s1. The van der Waals surface area contributed by atoms with Gasteiger partial charge in [0.1, 0.15) is 5.75 Å². The molecule has 182 valence electrons. The number of aliphatic hydroxyl groups excluding tert-OH is 1. The molecule has 1 atom stereocenters. The highest BCUT2D eigenvalue weighted by molar-refractivity contribution is 6.03. The minimum absolute atomic E-state index is 0.0653. The lowest BCUT2D eigenvalue weighted by atomic mass is 10.0. The zero-order valence-electron chi connectivity index (χ0n) is 19.4. The van der Waals surface area contributed by atoms with Gasteiger partial charge in [-0.2, -0.15) is 4.98 Å². The number of hydrogen-bond donors (Lipinski definition) is 2. The smallest absolute Gasteiger partial charge is 0.332 e. The third-order valence-electron chi connectivity index (χ3n) is 5.65. The highest BCUT2D eigenvalue weighted by Gasteiger charge is 2.28. The van der Waals surface area contributed by atoms with Gasteiger partial charge in [0, 0.05) is 32.6 Å². The third-order valence-corrected chi connectivity index (χ3v) is 5.65. The fourth-order valence-electron chi connectivity index (χ4n) is 3.93. The lowest BCUT2D eigenvalue weighted by Gasteiger charge is -2.14. The Morgan fingerprint density at radius 3 is 2.76 bits per heavy atom. The van der Waals surface area contributed by atoms with Gasteiger partial charge >= 0.3 is 5.69 Å². The van der Waals surface area contributed by atoms with Gasteiger partial charge < -0.3 is 29.3 Å². The average molecular weight is 473 g/mol. The molecule has 0 saturated heterocycles. The number of rotatable bonds is 10. The quantitative estimate of drug-likeness (QED) is 0.396. The molecule has 3 heterocycles. The number of aromatic nitrogens is 4. The number of nitrogens with zero attached hydrogens (tertiary/aromatic N) is 5.